The normalized spacial score (nSPS) is 37.1. The fourth-order valence-corrected chi connectivity index (χ4v) is 7.62. The van der Waals surface area contributed by atoms with Crippen LogP contribution in [-0.2, 0) is 11.3 Å². The molecule has 0 radical (unpaired) electrons. The second-order valence-electron chi connectivity index (χ2n) is 9.74. The molecule has 6 rings (SSSR count). The molecule has 5 aliphatic rings. The van der Waals surface area contributed by atoms with Gasteiger partial charge in [0.1, 0.15) is 0 Å². The van der Waals surface area contributed by atoms with E-state index in [4.69, 9.17) is 0 Å². The second-order valence-corrected chi connectivity index (χ2v) is 10.5. The molecule has 0 unspecified atom stereocenters. The molecule has 0 aromatic carbocycles. The fraction of sp³-hybridized carbons (Fsp3) is 0.773. The van der Waals surface area contributed by atoms with Gasteiger partial charge in [-0.05, 0) is 90.5 Å². The van der Waals surface area contributed by atoms with Crippen LogP contribution in [0.5, 0.6) is 0 Å². The molecule has 2 heterocycles. The topological polar surface area (TPSA) is 23.6 Å². The van der Waals surface area contributed by atoms with E-state index in [0.29, 0.717) is 11.3 Å². The summed E-state index contributed by atoms with van der Waals surface area (Å²) >= 11 is 1.78. The van der Waals surface area contributed by atoms with Crippen LogP contribution in [0.25, 0.3) is 0 Å². The highest BCUT2D eigenvalue weighted by Gasteiger charge is 2.51. The summed E-state index contributed by atoms with van der Waals surface area (Å²) < 4.78 is 0. The van der Waals surface area contributed by atoms with Gasteiger partial charge in [0, 0.05) is 39.1 Å². The third kappa shape index (κ3) is 3.47. The summed E-state index contributed by atoms with van der Waals surface area (Å²) in [6.07, 6.45) is 10.4. The van der Waals surface area contributed by atoms with Gasteiger partial charge in [0.05, 0.1) is 0 Å². The largest absolute Gasteiger partial charge is 0.341 e. The Hall–Kier alpha value is -0.870. The van der Waals surface area contributed by atoms with Crippen LogP contribution < -0.4 is 0 Å². The van der Waals surface area contributed by atoms with Crippen LogP contribution in [0.2, 0.25) is 0 Å². The number of rotatable bonds is 4. The summed E-state index contributed by atoms with van der Waals surface area (Å²) in [5, 5.41) is 4.41. The van der Waals surface area contributed by atoms with E-state index in [-0.39, 0.29) is 0 Å². The molecule has 1 aromatic rings. The summed E-state index contributed by atoms with van der Waals surface area (Å²) in [6.45, 7) is 5.08. The highest BCUT2D eigenvalue weighted by atomic mass is 32.1. The summed E-state index contributed by atoms with van der Waals surface area (Å²) in [5.41, 5.74) is 1.80. The monoisotopic (exact) mass is 372 g/mol. The number of thiophene rings is 1. The third-order valence-corrected chi connectivity index (χ3v) is 8.35. The van der Waals surface area contributed by atoms with Gasteiger partial charge in [-0.1, -0.05) is 0 Å². The van der Waals surface area contributed by atoms with Gasteiger partial charge in [-0.2, -0.15) is 11.3 Å². The summed E-state index contributed by atoms with van der Waals surface area (Å²) in [4.78, 5) is 17.9. The van der Waals surface area contributed by atoms with Crippen LogP contribution in [0.3, 0.4) is 0 Å². The van der Waals surface area contributed by atoms with E-state index in [1.54, 1.807) is 11.3 Å². The first-order valence-electron chi connectivity index (χ1n) is 10.7. The van der Waals surface area contributed by atoms with Gasteiger partial charge in [-0.3, -0.25) is 9.69 Å². The Morgan fingerprint density at radius 3 is 2.42 bits per heavy atom. The average Bonchev–Trinajstić information content (AvgIpc) is 2.97. The SMILES string of the molecule is O=C(CC12CC3CC(CC(C3)C1)C2)N1CCCN(Cc2ccsc2)CC1. The fourth-order valence-electron chi connectivity index (χ4n) is 6.96. The van der Waals surface area contributed by atoms with Crippen molar-refractivity contribution >= 4 is 17.2 Å². The Kier molecular flexibility index (Phi) is 4.60. The van der Waals surface area contributed by atoms with Crippen molar-refractivity contribution in [3.8, 4) is 0 Å². The van der Waals surface area contributed by atoms with Crippen molar-refractivity contribution in [2.75, 3.05) is 26.2 Å². The molecule has 4 saturated carbocycles. The first-order chi connectivity index (χ1) is 12.7. The van der Waals surface area contributed by atoms with Crippen molar-refractivity contribution in [3.63, 3.8) is 0 Å². The predicted molar refractivity (Wildman–Crippen MR) is 106 cm³/mol. The number of nitrogens with zero attached hydrogens (tertiary/aromatic N) is 2. The Bertz CT molecular complexity index is 605. The molecule has 0 atom stereocenters. The standard InChI is InChI=1S/C22H32N2OS/c25-21(14-22-11-18-8-19(12-22)10-20(9-18)13-22)24-4-1-3-23(5-6-24)15-17-2-7-26-16-17/h2,7,16,18-20H,1,3-6,8-15H2. The number of hydrogen-bond acceptors (Lipinski definition) is 3. The molecule has 0 spiro atoms. The van der Waals surface area contributed by atoms with Crippen molar-refractivity contribution < 1.29 is 4.79 Å². The molecule has 4 bridgehead atoms. The summed E-state index contributed by atoms with van der Waals surface area (Å²) in [7, 11) is 0. The van der Waals surface area contributed by atoms with E-state index in [2.05, 4.69) is 26.6 Å². The molecule has 26 heavy (non-hydrogen) atoms. The summed E-state index contributed by atoms with van der Waals surface area (Å²) in [5.74, 6) is 3.29. The highest BCUT2D eigenvalue weighted by Crippen LogP contribution is 2.61. The van der Waals surface area contributed by atoms with Crippen molar-refractivity contribution in [3.05, 3.63) is 22.4 Å². The molecular formula is C22H32N2OS. The maximum Gasteiger partial charge on any atom is 0.223 e. The van der Waals surface area contributed by atoms with Gasteiger partial charge in [0.25, 0.3) is 0 Å². The lowest BCUT2D eigenvalue weighted by molar-refractivity contribution is -0.139. The van der Waals surface area contributed by atoms with Gasteiger partial charge in [0.15, 0.2) is 0 Å². The van der Waals surface area contributed by atoms with Gasteiger partial charge < -0.3 is 4.90 Å². The van der Waals surface area contributed by atoms with E-state index >= 15 is 0 Å². The molecule has 5 fully saturated rings. The molecule has 4 aliphatic carbocycles. The van der Waals surface area contributed by atoms with E-state index in [9.17, 15) is 4.79 Å². The van der Waals surface area contributed by atoms with Gasteiger partial charge >= 0.3 is 0 Å². The lowest BCUT2D eigenvalue weighted by Crippen LogP contribution is -2.48. The minimum atomic E-state index is 0.383. The van der Waals surface area contributed by atoms with Crippen LogP contribution in [0.15, 0.2) is 16.8 Å². The van der Waals surface area contributed by atoms with Crippen LogP contribution in [0.4, 0.5) is 0 Å². The molecule has 0 N–H and O–H groups in total. The molecular weight excluding hydrogens is 340 g/mol. The number of carbonyl (C=O) groups is 1. The van der Waals surface area contributed by atoms with Crippen molar-refractivity contribution in [1.82, 2.24) is 9.80 Å². The van der Waals surface area contributed by atoms with Gasteiger partial charge in [-0.15, -0.1) is 0 Å². The van der Waals surface area contributed by atoms with Crippen LogP contribution in [0, 0.1) is 23.2 Å². The Balaban J connectivity index is 1.18. The third-order valence-electron chi connectivity index (χ3n) is 7.62. The number of carbonyl (C=O) groups excluding carboxylic acids is 1. The highest BCUT2D eigenvalue weighted by molar-refractivity contribution is 7.07. The molecule has 1 saturated heterocycles. The van der Waals surface area contributed by atoms with Gasteiger partial charge in [0.2, 0.25) is 5.91 Å². The molecule has 142 valence electrons. The smallest absolute Gasteiger partial charge is 0.223 e. The van der Waals surface area contributed by atoms with E-state index in [1.807, 2.05) is 0 Å². The number of amides is 1. The second kappa shape index (κ2) is 6.94. The van der Waals surface area contributed by atoms with Crippen LogP contribution >= 0.6 is 11.3 Å². The van der Waals surface area contributed by atoms with E-state index in [0.717, 1.165) is 63.3 Å². The molecule has 1 aliphatic heterocycles. The van der Waals surface area contributed by atoms with E-state index < -0.39 is 0 Å². The van der Waals surface area contributed by atoms with Crippen LogP contribution in [-0.4, -0.2) is 41.9 Å². The minimum absolute atomic E-state index is 0.383. The first-order valence-corrected chi connectivity index (χ1v) is 11.6. The van der Waals surface area contributed by atoms with Crippen molar-refractivity contribution in [2.24, 2.45) is 23.2 Å². The molecule has 3 nitrogen and oxygen atoms in total. The van der Waals surface area contributed by atoms with Crippen molar-refractivity contribution in [2.45, 2.75) is 57.9 Å². The maximum atomic E-state index is 13.2. The van der Waals surface area contributed by atoms with Crippen LogP contribution in [0.1, 0.15) is 56.9 Å². The Morgan fingerprint density at radius 1 is 1.04 bits per heavy atom. The average molecular weight is 373 g/mol. The number of hydrogen-bond donors (Lipinski definition) is 0. The lowest BCUT2D eigenvalue weighted by atomic mass is 9.49. The zero-order valence-electron chi connectivity index (χ0n) is 15.9. The van der Waals surface area contributed by atoms with Gasteiger partial charge in [-0.25, -0.2) is 0 Å². The maximum absolute atomic E-state index is 13.2. The first kappa shape index (κ1) is 17.2. The van der Waals surface area contributed by atoms with Crippen molar-refractivity contribution in [1.29, 1.82) is 0 Å². The summed E-state index contributed by atoms with van der Waals surface area (Å²) in [6, 6.07) is 2.23. The quantitative estimate of drug-likeness (QED) is 0.783. The Morgan fingerprint density at radius 2 is 1.77 bits per heavy atom. The predicted octanol–water partition coefficient (Wildman–Crippen LogP) is 4.39. The Labute approximate surface area is 161 Å². The minimum Gasteiger partial charge on any atom is -0.341 e. The molecule has 1 aromatic heterocycles. The van der Waals surface area contributed by atoms with E-state index in [1.165, 1.54) is 44.1 Å². The molecule has 4 heteroatoms. The molecule has 1 amide bonds. The zero-order chi connectivity index (χ0) is 17.6. The zero-order valence-corrected chi connectivity index (χ0v) is 16.7. The lowest BCUT2D eigenvalue weighted by Gasteiger charge is -2.57.